The summed E-state index contributed by atoms with van der Waals surface area (Å²) in [6, 6.07) is 0. The van der Waals surface area contributed by atoms with Crippen LogP contribution in [-0.4, -0.2) is 33.5 Å². The summed E-state index contributed by atoms with van der Waals surface area (Å²) in [6.07, 6.45) is 22.3. The lowest BCUT2D eigenvalue weighted by atomic mass is 10.0. The first-order valence-electron chi connectivity index (χ1n) is 9.75. The summed E-state index contributed by atoms with van der Waals surface area (Å²) in [5.41, 5.74) is 0. The van der Waals surface area contributed by atoms with Crippen LogP contribution in [-0.2, 0) is 4.79 Å². The van der Waals surface area contributed by atoms with E-state index in [1.54, 1.807) is 0 Å². The van der Waals surface area contributed by atoms with Crippen LogP contribution < -0.4 is 0 Å². The van der Waals surface area contributed by atoms with E-state index in [4.69, 9.17) is 5.11 Å². The van der Waals surface area contributed by atoms with Crippen molar-refractivity contribution >= 4 is 5.97 Å². The van der Waals surface area contributed by atoms with Crippen LogP contribution in [0.1, 0.15) is 71.1 Å². The molecule has 0 aliphatic rings. The molecule has 26 heavy (non-hydrogen) atoms. The third-order valence-electron chi connectivity index (χ3n) is 3.93. The van der Waals surface area contributed by atoms with E-state index in [1.165, 1.54) is 0 Å². The lowest BCUT2D eigenvalue weighted by molar-refractivity contribution is -0.137. The number of carbonyl (C=O) groups is 1. The Balaban J connectivity index is 3.68. The summed E-state index contributed by atoms with van der Waals surface area (Å²) in [5.74, 6) is -0.787. The van der Waals surface area contributed by atoms with Gasteiger partial charge < -0.3 is 15.3 Å². The van der Waals surface area contributed by atoms with Crippen molar-refractivity contribution in [1.82, 2.24) is 0 Å². The van der Waals surface area contributed by atoms with Crippen LogP contribution in [0.25, 0.3) is 0 Å². The van der Waals surface area contributed by atoms with Crippen LogP contribution in [0.3, 0.4) is 0 Å². The predicted molar refractivity (Wildman–Crippen MR) is 108 cm³/mol. The Morgan fingerprint density at radius 3 is 1.85 bits per heavy atom. The molecule has 4 heteroatoms. The standard InChI is InChI=1S/C22H36O4/c1-2-3-4-5-6-7-8-9-10-11-12-14-17-20(23)21(24)18-15-13-16-19-22(25)26/h3-4,6-7,9-10,12,14,20-21,23-24H,2,5,8,11,13,15-19H2,1H3,(H,25,26). The van der Waals surface area contributed by atoms with E-state index in [0.29, 0.717) is 19.3 Å². The van der Waals surface area contributed by atoms with Gasteiger partial charge >= 0.3 is 5.97 Å². The Hall–Kier alpha value is -1.65. The summed E-state index contributed by atoms with van der Waals surface area (Å²) in [7, 11) is 0. The first kappa shape index (κ1) is 24.4. The quantitative estimate of drug-likeness (QED) is 0.268. The molecule has 0 aromatic rings. The van der Waals surface area contributed by atoms with Crippen LogP contribution in [0.2, 0.25) is 0 Å². The molecule has 0 radical (unpaired) electrons. The van der Waals surface area contributed by atoms with Gasteiger partial charge in [0.2, 0.25) is 0 Å². The SMILES string of the molecule is CCC=CCC=CCC=CCC=CCC(O)C(O)CCCCCC(=O)O. The number of rotatable bonds is 16. The van der Waals surface area contributed by atoms with Crippen molar-refractivity contribution in [2.24, 2.45) is 0 Å². The average Bonchev–Trinajstić information content (AvgIpc) is 2.61. The van der Waals surface area contributed by atoms with Gasteiger partial charge in [0.25, 0.3) is 0 Å². The maximum atomic E-state index is 10.4. The van der Waals surface area contributed by atoms with Gasteiger partial charge in [0.05, 0.1) is 12.2 Å². The zero-order valence-corrected chi connectivity index (χ0v) is 16.1. The van der Waals surface area contributed by atoms with Crippen molar-refractivity contribution in [3.63, 3.8) is 0 Å². The second-order valence-electron chi connectivity index (χ2n) is 6.36. The number of unbranched alkanes of at least 4 members (excludes halogenated alkanes) is 2. The maximum absolute atomic E-state index is 10.4. The van der Waals surface area contributed by atoms with Crippen molar-refractivity contribution in [2.45, 2.75) is 83.3 Å². The predicted octanol–water partition coefficient (Wildman–Crippen LogP) is 4.94. The van der Waals surface area contributed by atoms with E-state index in [-0.39, 0.29) is 6.42 Å². The number of aliphatic carboxylic acids is 1. The highest BCUT2D eigenvalue weighted by Crippen LogP contribution is 2.11. The van der Waals surface area contributed by atoms with Crippen molar-refractivity contribution in [3.05, 3.63) is 48.6 Å². The Morgan fingerprint density at radius 1 is 0.769 bits per heavy atom. The lowest BCUT2D eigenvalue weighted by Crippen LogP contribution is -2.25. The fraction of sp³-hybridized carbons (Fsp3) is 0.591. The molecule has 0 fully saturated rings. The van der Waals surface area contributed by atoms with E-state index in [1.807, 2.05) is 12.2 Å². The van der Waals surface area contributed by atoms with Gasteiger partial charge in [-0.2, -0.15) is 0 Å². The Bertz CT molecular complexity index is 449. The first-order valence-corrected chi connectivity index (χ1v) is 9.75. The molecule has 2 atom stereocenters. The van der Waals surface area contributed by atoms with Gasteiger partial charge in [0.1, 0.15) is 0 Å². The van der Waals surface area contributed by atoms with Crippen LogP contribution in [0.15, 0.2) is 48.6 Å². The zero-order chi connectivity index (χ0) is 19.5. The molecule has 0 saturated carbocycles. The summed E-state index contributed by atoms with van der Waals surface area (Å²) in [6.45, 7) is 2.13. The molecule has 0 saturated heterocycles. The largest absolute Gasteiger partial charge is 0.481 e. The number of hydrogen-bond acceptors (Lipinski definition) is 3. The molecular weight excluding hydrogens is 328 g/mol. The highest BCUT2D eigenvalue weighted by atomic mass is 16.4. The van der Waals surface area contributed by atoms with Crippen molar-refractivity contribution < 1.29 is 20.1 Å². The monoisotopic (exact) mass is 364 g/mol. The van der Waals surface area contributed by atoms with E-state index >= 15 is 0 Å². The second-order valence-corrected chi connectivity index (χ2v) is 6.36. The molecule has 0 aromatic heterocycles. The molecular formula is C22H36O4. The number of carboxylic acids is 1. The minimum absolute atomic E-state index is 0.167. The summed E-state index contributed by atoms with van der Waals surface area (Å²) in [4.78, 5) is 10.4. The van der Waals surface area contributed by atoms with Gasteiger partial charge in [-0.15, -0.1) is 0 Å². The maximum Gasteiger partial charge on any atom is 0.303 e. The van der Waals surface area contributed by atoms with Gasteiger partial charge in [-0.3, -0.25) is 4.79 Å². The van der Waals surface area contributed by atoms with E-state index in [9.17, 15) is 15.0 Å². The normalized spacial score (nSPS) is 14.9. The van der Waals surface area contributed by atoms with E-state index in [0.717, 1.165) is 38.5 Å². The molecule has 0 aliphatic carbocycles. The molecule has 0 aliphatic heterocycles. The topological polar surface area (TPSA) is 77.8 Å². The molecule has 0 spiro atoms. The van der Waals surface area contributed by atoms with Crippen molar-refractivity contribution in [3.8, 4) is 0 Å². The van der Waals surface area contributed by atoms with Crippen LogP contribution in [0, 0.1) is 0 Å². The van der Waals surface area contributed by atoms with Crippen LogP contribution in [0.5, 0.6) is 0 Å². The lowest BCUT2D eigenvalue weighted by Gasteiger charge is -2.15. The molecule has 0 aromatic carbocycles. The summed E-state index contributed by atoms with van der Waals surface area (Å²) >= 11 is 0. The number of carboxylic acid groups (broad SMARTS) is 1. The number of hydrogen-bond donors (Lipinski definition) is 3. The summed E-state index contributed by atoms with van der Waals surface area (Å²) in [5, 5.41) is 28.3. The Labute approximate surface area is 158 Å². The molecule has 0 amide bonds. The Morgan fingerprint density at radius 2 is 1.31 bits per heavy atom. The molecule has 148 valence electrons. The fourth-order valence-corrected chi connectivity index (χ4v) is 2.37. The zero-order valence-electron chi connectivity index (χ0n) is 16.1. The van der Waals surface area contributed by atoms with E-state index < -0.39 is 18.2 Å². The third kappa shape index (κ3) is 17.2. The minimum Gasteiger partial charge on any atom is -0.481 e. The molecule has 0 heterocycles. The van der Waals surface area contributed by atoms with Crippen LogP contribution in [0.4, 0.5) is 0 Å². The first-order chi connectivity index (χ1) is 12.6. The van der Waals surface area contributed by atoms with E-state index in [2.05, 4.69) is 43.4 Å². The number of aliphatic hydroxyl groups is 2. The van der Waals surface area contributed by atoms with Gasteiger partial charge in [0, 0.05) is 6.42 Å². The fourth-order valence-electron chi connectivity index (χ4n) is 2.37. The molecule has 2 unspecified atom stereocenters. The van der Waals surface area contributed by atoms with Gasteiger partial charge in [-0.25, -0.2) is 0 Å². The highest BCUT2D eigenvalue weighted by Gasteiger charge is 2.14. The molecule has 4 nitrogen and oxygen atoms in total. The number of allylic oxidation sites excluding steroid dienone is 7. The van der Waals surface area contributed by atoms with Gasteiger partial charge in [-0.1, -0.05) is 68.4 Å². The minimum atomic E-state index is -0.787. The van der Waals surface area contributed by atoms with Crippen molar-refractivity contribution in [2.75, 3.05) is 0 Å². The van der Waals surface area contributed by atoms with Crippen molar-refractivity contribution in [1.29, 1.82) is 0 Å². The second kappa shape index (κ2) is 18.2. The molecule has 0 bridgehead atoms. The highest BCUT2D eigenvalue weighted by molar-refractivity contribution is 5.66. The van der Waals surface area contributed by atoms with Crippen LogP contribution >= 0.6 is 0 Å². The smallest absolute Gasteiger partial charge is 0.303 e. The average molecular weight is 365 g/mol. The van der Waals surface area contributed by atoms with Gasteiger partial charge in [-0.05, 0) is 44.9 Å². The third-order valence-corrected chi connectivity index (χ3v) is 3.93. The molecule has 0 rings (SSSR count). The summed E-state index contributed by atoms with van der Waals surface area (Å²) < 4.78 is 0. The number of aliphatic hydroxyl groups excluding tert-OH is 2. The van der Waals surface area contributed by atoms with Gasteiger partial charge in [0.15, 0.2) is 0 Å². The molecule has 3 N–H and O–H groups in total. The Kier molecular flexibility index (Phi) is 17.0.